The number of imide groups is 1. The van der Waals surface area contributed by atoms with Crippen molar-refractivity contribution in [3.63, 3.8) is 0 Å². The summed E-state index contributed by atoms with van der Waals surface area (Å²) in [6, 6.07) is 17.2. The molecule has 2 heterocycles. The summed E-state index contributed by atoms with van der Waals surface area (Å²) in [7, 11) is 0. The molecule has 0 aromatic heterocycles. The molecule has 196 valence electrons. The zero-order valence-corrected chi connectivity index (χ0v) is 21.7. The Hall–Kier alpha value is -4.14. The molecule has 0 unspecified atom stereocenters. The summed E-state index contributed by atoms with van der Waals surface area (Å²) in [6.45, 7) is 3.67. The van der Waals surface area contributed by atoms with E-state index in [2.05, 4.69) is 0 Å². The number of esters is 1. The van der Waals surface area contributed by atoms with Gasteiger partial charge < -0.3 is 9.47 Å². The van der Waals surface area contributed by atoms with Gasteiger partial charge in [-0.1, -0.05) is 48.0 Å². The minimum absolute atomic E-state index is 0.159. The summed E-state index contributed by atoms with van der Waals surface area (Å²) in [5.74, 6) is -5.62. The Morgan fingerprint density at radius 3 is 2.18 bits per heavy atom. The molecule has 2 aliphatic heterocycles. The Kier molecular flexibility index (Phi) is 5.78. The van der Waals surface area contributed by atoms with Crippen molar-refractivity contribution in [2.45, 2.75) is 25.6 Å². The Bertz CT molecular complexity index is 1560. The predicted molar refractivity (Wildman–Crippen MR) is 140 cm³/mol. The molecule has 2 fully saturated rings. The van der Waals surface area contributed by atoms with Crippen molar-refractivity contribution in [3.05, 3.63) is 99.6 Å². The Labute approximate surface area is 228 Å². The molecule has 3 aromatic carbocycles. The van der Waals surface area contributed by atoms with Gasteiger partial charge in [-0.3, -0.25) is 19.2 Å². The van der Waals surface area contributed by atoms with Gasteiger partial charge in [0.25, 0.3) is 0 Å². The fourth-order valence-electron chi connectivity index (χ4n) is 5.88. The van der Waals surface area contributed by atoms with Crippen LogP contribution in [0, 0.1) is 18.8 Å². The van der Waals surface area contributed by atoms with Crippen molar-refractivity contribution >= 4 is 46.6 Å². The highest BCUT2D eigenvalue weighted by Crippen LogP contribution is 2.57. The molecule has 39 heavy (non-hydrogen) atoms. The maximum absolute atomic E-state index is 14.0. The molecule has 6 rings (SSSR count). The molecule has 3 atom stereocenters. The number of fused-ring (bicyclic) bond motifs is 3. The van der Waals surface area contributed by atoms with Crippen LogP contribution in [0.3, 0.4) is 0 Å². The lowest BCUT2D eigenvalue weighted by Gasteiger charge is -2.27. The van der Waals surface area contributed by atoms with Gasteiger partial charge in [0, 0.05) is 16.1 Å². The Balaban J connectivity index is 1.48. The molecule has 2 amide bonds. The largest absolute Gasteiger partial charge is 0.462 e. The first kappa shape index (κ1) is 25.2. The molecule has 0 saturated carbocycles. The highest BCUT2D eigenvalue weighted by atomic mass is 35.5. The first-order valence-corrected chi connectivity index (χ1v) is 12.9. The quantitative estimate of drug-likeness (QED) is 0.270. The summed E-state index contributed by atoms with van der Waals surface area (Å²) in [5, 5.41) is 0.501. The van der Waals surface area contributed by atoms with Crippen LogP contribution in [-0.4, -0.2) is 41.6 Å². The van der Waals surface area contributed by atoms with Gasteiger partial charge in [-0.05, 0) is 55.3 Å². The zero-order valence-electron chi connectivity index (χ0n) is 21.0. The normalized spacial score (nSPS) is 22.9. The summed E-state index contributed by atoms with van der Waals surface area (Å²) in [4.78, 5) is 68.8. The fraction of sp³-hybridized carbons (Fsp3) is 0.233. The van der Waals surface area contributed by atoms with E-state index in [1.807, 2.05) is 0 Å². The SMILES string of the molecule is CCOC(=O)c1ccc(N2C(=O)[C@@H]3[C@H](c4ccc(Cl)c(C)c4)OC4(C(=O)c5ccccc5C4=O)[C@H]3C2=O)cc1. The van der Waals surface area contributed by atoms with Gasteiger partial charge in [0.15, 0.2) is 0 Å². The van der Waals surface area contributed by atoms with Gasteiger partial charge in [0.05, 0.1) is 35.8 Å². The Morgan fingerprint density at radius 2 is 1.59 bits per heavy atom. The first-order valence-electron chi connectivity index (χ1n) is 12.5. The fourth-order valence-corrected chi connectivity index (χ4v) is 6.00. The number of hydrogen-bond donors (Lipinski definition) is 0. The van der Waals surface area contributed by atoms with Gasteiger partial charge in [0.2, 0.25) is 29.0 Å². The topological polar surface area (TPSA) is 107 Å². The number of benzene rings is 3. The van der Waals surface area contributed by atoms with Crippen LogP contribution in [0.25, 0.3) is 0 Å². The van der Waals surface area contributed by atoms with E-state index < -0.39 is 52.9 Å². The molecule has 1 aliphatic carbocycles. The van der Waals surface area contributed by atoms with Crippen LogP contribution in [0.15, 0.2) is 66.7 Å². The molecular weight excluding hydrogens is 522 g/mol. The number of ether oxygens (including phenoxy) is 2. The van der Waals surface area contributed by atoms with Crippen molar-refractivity contribution in [2.24, 2.45) is 11.8 Å². The lowest BCUT2D eigenvalue weighted by Crippen LogP contribution is -2.51. The smallest absolute Gasteiger partial charge is 0.338 e. The molecule has 3 aromatic rings. The number of halogens is 1. The third-order valence-electron chi connectivity index (χ3n) is 7.67. The average Bonchev–Trinajstić information content (AvgIpc) is 3.50. The lowest BCUT2D eigenvalue weighted by atomic mass is 9.77. The molecule has 3 aliphatic rings. The number of aryl methyl sites for hydroxylation is 1. The number of rotatable bonds is 4. The maximum atomic E-state index is 14.0. The minimum atomic E-state index is -2.17. The molecule has 0 radical (unpaired) electrons. The van der Waals surface area contributed by atoms with Crippen LogP contribution in [0.2, 0.25) is 5.02 Å². The number of carbonyl (C=O) groups excluding carboxylic acids is 5. The first-order chi connectivity index (χ1) is 18.7. The Morgan fingerprint density at radius 1 is 0.949 bits per heavy atom. The van der Waals surface area contributed by atoms with Crippen molar-refractivity contribution < 1.29 is 33.4 Å². The third kappa shape index (κ3) is 3.45. The molecule has 8 nitrogen and oxygen atoms in total. The standard InChI is InChI=1S/C30H22ClNO7/c1-3-38-29(37)16-8-11-18(12-9-16)32-27(35)22-23(28(32)36)30(25(33)19-6-4-5-7-20(19)26(30)34)39-24(22)17-10-13-21(31)15(2)14-17/h4-14,22-24H,3H2,1-2H3/t22-,23+,24-/m0/s1. The number of Topliss-reactive ketones (excluding diaryl/α,β-unsaturated/α-hetero) is 2. The number of hydrogen-bond acceptors (Lipinski definition) is 7. The van der Waals surface area contributed by atoms with Crippen molar-refractivity contribution in [1.82, 2.24) is 0 Å². The van der Waals surface area contributed by atoms with Crippen molar-refractivity contribution in [3.8, 4) is 0 Å². The van der Waals surface area contributed by atoms with E-state index in [0.717, 1.165) is 4.90 Å². The van der Waals surface area contributed by atoms with Crippen molar-refractivity contribution in [2.75, 3.05) is 11.5 Å². The van der Waals surface area contributed by atoms with Gasteiger partial charge in [-0.25, -0.2) is 9.69 Å². The van der Waals surface area contributed by atoms with E-state index >= 15 is 0 Å². The second-order valence-corrected chi connectivity index (χ2v) is 10.2. The summed E-state index contributed by atoms with van der Waals surface area (Å²) < 4.78 is 11.3. The van der Waals surface area contributed by atoms with Crippen LogP contribution in [-0.2, 0) is 19.1 Å². The summed E-state index contributed by atoms with van der Waals surface area (Å²) >= 11 is 6.22. The van der Waals surface area contributed by atoms with Crippen LogP contribution in [0.1, 0.15) is 55.2 Å². The third-order valence-corrected chi connectivity index (χ3v) is 8.09. The van der Waals surface area contributed by atoms with Crippen LogP contribution in [0.4, 0.5) is 5.69 Å². The van der Waals surface area contributed by atoms with Gasteiger partial charge in [-0.2, -0.15) is 0 Å². The minimum Gasteiger partial charge on any atom is -0.462 e. The second kappa shape index (κ2) is 8.97. The zero-order chi connectivity index (χ0) is 27.6. The molecular formula is C30H22ClNO7. The van der Waals surface area contributed by atoms with E-state index in [4.69, 9.17) is 21.1 Å². The summed E-state index contributed by atoms with van der Waals surface area (Å²) in [5.41, 5.74) is -0.140. The van der Waals surface area contributed by atoms with E-state index in [1.54, 1.807) is 44.2 Å². The lowest BCUT2D eigenvalue weighted by molar-refractivity contribution is -0.127. The van der Waals surface area contributed by atoms with Gasteiger partial charge >= 0.3 is 5.97 Å². The van der Waals surface area contributed by atoms with Gasteiger partial charge in [0.1, 0.15) is 0 Å². The number of anilines is 1. The molecule has 0 N–H and O–H groups in total. The van der Waals surface area contributed by atoms with Gasteiger partial charge in [-0.15, -0.1) is 0 Å². The number of ketones is 2. The molecule has 9 heteroatoms. The van der Waals surface area contributed by atoms with Crippen molar-refractivity contribution in [1.29, 1.82) is 0 Å². The highest BCUT2D eigenvalue weighted by molar-refractivity contribution is 6.37. The molecule has 1 spiro atoms. The number of amides is 2. The van der Waals surface area contributed by atoms with E-state index in [9.17, 15) is 24.0 Å². The average molecular weight is 544 g/mol. The number of carbonyl (C=O) groups is 5. The number of nitrogens with zero attached hydrogens (tertiary/aromatic N) is 1. The monoisotopic (exact) mass is 543 g/mol. The molecule has 0 bridgehead atoms. The highest BCUT2D eigenvalue weighted by Gasteiger charge is 2.74. The van der Waals surface area contributed by atoms with E-state index in [0.29, 0.717) is 16.1 Å². The predicted octanol–water partition coefficient (Wildman–Crippen LogP) is 4.52. The van der Waals surface area contributed by atoms with Crippen LogP contribution in [0.5, 0.6) is 0 Å². The van der Waals surface area contributed by atoms with Crippen LogP contribution < -0.4 is 4.90 Å². The maximum Gasteiger partial charge on any atom is 0.338 e. The molecule has 2 saturated heterocycles. The van der Waals surface area contributed by atoms with E-state index in [1.165, 1.54) is 36.4 Å². The second-order valence-electron chi connectivity index (χ2n) is 9.77. The van der Waals surface area contributed by atoms with Crippen LogP contribution >= 0.6 is 11.6 Å². The summed E-state index contributed by atoms with van der Waals surface area (Å²) in [6.07, 6.45) is -1.05. The van der Waals surface area contributed by atoms with E-state index in [-0.39, 0.29) is 29.0 Å².